The number of rotatable bonds is 4. The molecule has 0 bridgehead atoms. The van der Waals surface area contributed by atoms with Gasteiger partial charge in [0.25, 0.3) is 0 Å². The van der Waals surface area contributed by atoms with Gasteiger partial charge in [0.15, 0.2) is 5.78 Å². The minimum absolute atomic E-state index is 0.111. The molecule has 0 radical (unpaired) electrons. The molecule has 5 nitrogen and oxygen atoms in total. The number of para-hydroxylation sites is 1. The van der Waals surface area contributed by atoms with Crippen LogP contribution in [0.25, 0.3) is 10.9 Å². The largest absolute Gasteiger partial charge is 0.368 e. The number of fused-ring (bicyclic) bond motifs is 1. The molecule has 5 N–H and O–H groups in total. The van der Waals surface area contributed by atoms with Gasteiger partial charge in [-0.25, -0.2) is 0 Å². The molecule has 1 atom stereocenters. The zero-order chi connectivity index (χ0) is 13.3. The Bertz CT molecular complexity index is 616. The van der Waals surface area contributed by atoms with Crippen LogP contribution in [0, 0.1) is 6.92 Å². The predicted molar refractivity (Wildman–Crippen MR) is 68.9 cm³/mol. The number of carbonyl (C=O) groups is 2. The van der Waals surface area contributed by atoms with Crippen molar-refractivity contribution in [1.82, 2.24) is 4.98 Å². The van der Waals surface area contributed by atoms with E-state index in [1.54, 1.807) is 0 Å². The summed E-state index contributed by atoms with van der Waals surface area (Å²) in [6, 6.07) is 6.44. The molecular weight excluding hydrogens is 230 g/mol. The van der Waals surface area contributed by atoms with Gasteiger partial charge in [-0.2, -0.15) is 0 Å². The van der Waals surface area contributed by atoms with Gasteiger partial charge in [-0.05, 0) is 18.6 Å². The third-order valence-corrected chi connectivity index (χ3v) is 3.03. The van der Waals surface area contributed by atoms with E-state index in [0.717, 1.165) is 22.2 Å². The molecule has 18 heavy (non-hydrogen) atoms. The first-order chi connectivity index (χ1) is 8.50. The maximum Gasteiger partial charge on any atom is 0.242 e. The molecule has 1 heterocycles. The quantitative estimate of drug-likeness (QED) is 0.679. The van der Waals surface area contributed by atoms with Crippen molar-refractivity contribution in [3.05, 3.63) is 35.5 Å². The van der Waals surface area contributed by atoms with Gasteiger partial charge in [-0.3, -0.25) is 9.59 Å². The van der Waals surface area contributed by atoms with Crippen molar-refractivity contribution in [3.8, 4) is 0 Å². The summed E-state index contributed by atoms with van der Waals surface area (Å²) in [5, 5.41) is 0.972. The number of H-pyrrole nitrogens is 1. The van der Waals surface area contributed by atoms with E-state index in [1.807, 2.05) is 31.2 Å². The van der Waals surface area contributed by atoms with Gasteiger partial charge >= 0.3 is 0 Å². The second kappa shape index (κ2) is 4.62. The monoisotopic (exact) mass is 245 g/mol. The Hall–Kier alpha value is -2.14. The SMILES string of the molecule is Cc1[nH]c2ccccc2c1CC(=O)C(N)C(N)=O. The van der Waals surface area contributed by atoms with Gasteiger partial charge in [0.05, 0.1) is 0 Å². The van der Waals surface area contributed by atoms with Gasteiger partial charge in [0, 0.05) is 23.0 Å². The molecule has 0 aliphatic carbocycles. The van der Waals surface area contributed by atoms with Crippen LogP contribution in [0.3, 0.4) is 0 Å². The van der Waals surface area contributed by atoms with Crippen LogP contribution < -0.4 is 11.5 Å². The number of aromatic amines is 1. The van der Waals surface area contributed by atoms with Gasteiger partial charge < -0.3 is 16.5 Å². The molecular formula is C13H15N3O2. The van der Waals surface area contributed by atoms with Crippen LogP contribution in [-0.4, -0.2) is 22.7 Å². The minimum Gasteiger partial charge on any atom is -0.368 e. The summed E-state index contributed by atoms with van der Waals surface area (Å²) in [7, 11) is 0. The van der Waals surface area contributed by atoms with Crippen LogP contribution in [0.1, 0.15) is 11.3 Å². The molecule has 2 aromatic rings. The van der Waals surface area contributed by atoms with Crippen molar-refractivity contribution in [2.45, 2.75) is 19.4 Å². The smallest absolute Gasteiger partial charge is 0.242 e. The van der Waals surface area contributed by atoms with Crippen LogP contribution in [0.2, 0.25) is 0 Å². The Morgan fingerprint density at radius 1 is 1.33 bits per heavy atom. The summed E-state index contributed by atoms with van der Waals surface area (Å²) in [4.78, 5) is 25.9. The molecule has 0 spiro atoms. The number of aryl methyl sites for hydroxylation is 1. The molecule has 0 fully saturated rings. The Morgan fingerprint density at radius 2 is 2.00 bits per heavy atom. The van der Waals surface area contributed by atoms with Crippen molar-refractivity contribution in [2.24, 2.45) is 11.5 Å². The predicted octanol–water partition coefficient (Wildman–Crippen LogP) is 0.401. The number of hydrogen-bond acceptors (Lipinski definition) is 3. The van der Waals surface area contributed by atoms with Gasteiger partial charge in [0.2, 0.25) is 5.91 Å². The van der Waals surface area contributed by atoms with E-state index in [4.69, 9.17) is 11.5 Å². The van der Waals surface area contributed by atoms with Crippen LogP contribution in [0.15, 0.2) is 24.3 Å². The third kappa shape index (κ3) is 2.12. The number of ketones is 1. The average molecular weight is 245 g/mol. The normalized spacial score (nSPS) is 12.6. The summed E-state index contributed by atoms with van der Waals surface area (Å²) in [5.74, 6) is -1.16. The second-order valence-electron chi connectivity index (χ2n) is 4.30. The minimum atomic E-state index is -1.24. The third-order valence-electron chi connectivity index (χ3n) is 3.03. The molecule has 1 unspecified atom stereocenters. The number of carbonyl (C=O) groups excluding carboxylic acids is 2. The number of nitrogens with two attached hydrogens (primary N) is 2. The first-order valence-corrected chi connectivity index (χ1v) is 5.64. The highest BCUT2D eigenvalue weighted by Gasteiger charge is 2.21. The zero-order valence-electron chi connectivity index (χ0n) is 10.1. The number of amides is 1. The molecule has 1 aromatic carbocycles. The number of benzene rings is 1. The maximum atomic E-state index is 11.8. The van der Waals surface area contributed by atoms with Crippen molar-refractivity contribution >= 4 is 22.6 Å². The molecule has 5 heteroatoms. The lowest BCUT2D eigenvalue weighted by atomic mass is 10.0. The Balaban J connectivity index is 2.35. The zero-order valence-corrected chi connectivity index (χ0v) is 10.1. The fourth-order valence-corrected chi connectivity index (χ4v) is 2.01. The Morgan fingerprint density at radius 3 is 2.67 bits per heavy atom. The molecule has 2 rings (SSSR count). The maximum absolute atomic E-state index is 11.8. The van der Waals surface area contributed by atoms with E-state index < -0.39 is 11.9 Å². The number of hydrogen-bond donors (Lipinski definition) is 3. The lowest BCUT2D eigenvalue weighted by Crippen LogP contribution is -2.43. The summed E-state index contributed by atoms with van der Waals surface area (Å²) in [6.45, 7) is 1.89. The molecule has 0 saturated heterocycles. The van der Waals surface area contributed by atoms with E-state index in [0.29, 0.717) is 0 Å². The van der Waals surface area contributed by atoms with Crippen molar-refractivity contribution in [1.29, 1.82) is 0 Å². The van der Waals surface area contributed by atoms with E-state index in [2.05, 4.69) is 4.98 Å². The Kier molecular flexibility index (Phi) is 3.16. The topological polar surface area (TPSA) is 102 Å². The van der Waals surface area contributed by atoms with Crippen molar-refractivity contribution < 1.29 is 9.59 Å². The summed E-state index contributed by atoms with van der Waals surface area (Å²) in [5.41, 5.74) is 13.2. The molecule has 1 aromatic heterocycles. The van der Waals surface area contributed by atoms with E-state index in [1.165, 1.54) is 0 Å². The van der Waals surface area contributed by atoms with E-state index >= 15 is 0 Å². The average Bonchev–Trinajstić information content (AvgIpc) is 2.65. The van der Waals surface area contributed by atoms with Crippen LogP contribution >= 0.6 is 0 Å². The molecule has 94 valence electrons. The lowest BCUT2D eigenvalue weighted by Gasteiger charge is -2.06. The van der Waals surface area contributed by atoms with Crippen LogP contribution in [-0.2, 0) is 16.0 Å². The van der Waals surface area contributed by atoms with Crippen molar-refractivity contribution in [3.63, 3.8) is 0 Å². The number of primary amides is 1. The standard InChI is InChI=1S/C13H15N3O2/c1-7-9(6-11(17)12(14)13(15)18)8-4-2-3-5-10(8)16-7/h2-5,12,16H,6,14H2,1H3,(H2,15,18). The molecule has 0 saturated carbocycles. The Labute approximate surface area is 104 Å². The van der Waals surface area contributed by atoms with E-state index in [-0.39, 0.29) is 12.2 Å². The number of nitrogens with one attached hydrogen (secondary N) is 1. The fraction of sp³-hybridized carbons (Fsp3) is 0.231. The molecule has 0 aliphatic rings. The summed E-state index contributed by atoms with van der Waals surface area (Å²) in [6.07, 6.45) is 0.111. The highest BCUT2D eigenvalue weighted by atomic mass is 16.2. The van der Waals surface area contributed by atoms with Gasteiger partial charge in [-0.15, -0.1) is 0 Å². The highest BCUT2D eigenvalue weighted by Crippen LogP contribution is 2.22. The number of aromatic nitrogens is 1. The number of Topliss-reactive ketones (excluding diaryl/α,β-unsaturated/α-hetero) is 1. The first kappa shape index (κ1) is 12.3. The first-order valence-electron chi connectivity index (χ1n) is 5.64. The lowest BCUT2D eigenvalue weighted by molar-refractivity contribution is -0.127. The van der Waals surface area contributed by atoms with Crippen molar-refractivity contribution in [2.75, 3.05) is 0 Å². The van der Waals surface area contributed by atoms with Crippen LogP contribution in [0.4, 0.5) is 0 Å². The van der Waals surface area contributed by atoms with Crippen LogP contribution in [0.5, 0.6) is 0 Å². The summed E-state index contributed by atoms with van der Waals surface area (Å²) >= 11 is 0. The molecule has 1 amide bonds. The second-order valence-corrected chi connectivity index (χ2v) is 4.30. The highest BCUT2D eigenvalue weighted by molar-refractivity contribution is 6.06. The fourth-order valence-electron chi connectivity index (χ4n) is 2.01. The van der Waals surface area contributed by atoms with Gasteiger partial charge in [0.1, 0.15) is 6.04 Å². The summed E-state index contributed by atoms with van der Waals surface area (Å²) < 4.78 is 0. The van der Waals surface area contributed by atoms with E-state index in [9.17, 15) is 9.59 Å². The molecule has 0 aliphatic heterocycles. The van der Waals surface area contributed by atoms with Gasteiger partial charge in [-0.1, -0.05) is 18.2 Å².